The molecule has 0 aromatic heterocycles. The highest BCUT2D eigenvalue weighted by Crippen LogP contribution is 2.21. The van der Waals surface area contributed by atoms with Gasteiger partial charge in [-0.2, -0.15) is 0 Å². The molecule has 20 heavy (non-hydrogen) atoms. The molecule has 5 heteroatoms. The Morgan fingerprint density at radius 3 is 2.65 bits per heavy atom. The minimum Gasteiger partial charge on any atom is -0.323 e. The summed E-state index contributed by atoms with van der Waals surface area (Å²) < 4.78 is 13.5. The van der Waals surface area contributed by atoms with Crippen molar-refractivity contribution in [1.82, 2.24) is 0 Å². The summed E-state index contributed by atoms with van der Waals surface area (Å²) in [4.78, 5) is 12.8. The zero-order valence-electron chi connectivity index (χ0n) is 10.8. The summed E-state index contributed by atoms with van der Waals surface area (Å²) in [6, 6.07) is 11.9. The molecule has 0 spiro atoms. The Hall–Kier alpha value is -1.52. The van der Waals surface area contributed by atoms with Crippen LogP contribution in [0.4, 0.5) is 10.1 Å². The summed E-state index contributed by atoms with van der Waals surface area (Å²) in [6.45, 7) is 2.00. The molecule has 2 rings (SSSR count). The third-order valence-electron chi connectivity index (χ3n) is 2.59. The Morgan fingerprint density at radius 1 is 1.25 bits per heavy atom. The van der Waals surface area contributed by atoms with E-state index in [1.807, 2.05) is 31.2 Å². The Bertz CT molecular complexity index is 616. The third kappa shape index (κ3) is 4.25. The highest BCUT2D eigenvalue weighted by Gasteiger charge is 2.08. The van der Waals surface area contributed by atoms with Crippen LogP contribution < -0.4 is 5.32 Å². The van der Waals surface area contributed by atoms with Crippen molar-refractivity contribution in [3.05, 3.63) is 58.9 Å². The molecule has 0 heterocycles. The van der Waals surface area contributed by atoms with Gasteiger partial charge in [-0.1, -0.05) is 29.3 Å². The molecule has 0 aliphatic heterocycles. The van der Waals surface area contributed by atoms with Crippen molar-refractivity contribution in [2.45, 2.75) is 11.8 Å². The van der Waals surface area contributed by atoms with E-state index in [0.29, 0.717) is 5.02 Å². The van der Waals surface area contributed by atoms with E-state index < -0.39 is 5.82 Å². The molecule has 1 N–H and O–H groups in total. The zero-order chi connectivity index (χ0) is 14.5. The van der Waals surface area contributed by atoms with E-state index in [1.165, 1.54) is 35.5 Å². The molecule has 0 fully saturated rings. The van der Waals surface area contributed by atoms with Gasteiger partial charge in [0.05, 0.1) is 11.4 Å². The van der Waals surface area contributed by atoms with Gasteiger partial charge in [0, 0.05) is 9.92 Å². The van der Waals surface area contributed by atoms with E-state index in [-0.39, 0.29) is 17.3 Å². The van der Waals surface area contributed by atoms with Crippen LogP contribution in [0.1, 0.15) is 5.56 Å². The van der Waals surface area contributed by atoms with Crippen LogP contribution >= 0.6 is 23.4 Å². The van der Waals surface area contributed by atoms with Crippen molar-refractivity contribution in [2.24, 2.45) is 0 Å². The molecule has 2 aromatic rings. The van der Waals surface area contributed by atoms with E-state index in [0.717, 1.165) is 4.90 Å². The number of nitrogens with one attached hydrogen (secondary N) is 1. The maximum atomic E-state index is 13.5. The van der Waals surface area contributed by atoms with Crippen molar-refractivity contribution in [1.29, 1.82) is 0 Å². The minimum absolute atomic E-state index is 0.104. The number of rotatable bonds is 4. The van der Waals surface area contributed by atoms with Crippen LogP contribution in [0.5, 0.6) is 0 Å². The fourth-order valence-corrected chi connectivity index (χ4v) is 2.43. The summed E-state index contributed by atoms with van der Waals surface area (Å²) in [5, 5.41) is 2.90. The first-order valence-corrected chi connectivity index (χ1v) is 7.35. The van der Waals surface area contributed by atoms with E-state index in [4.69, 9.17) is 11.6 Å². The van der Waals surface area contributed by atoms with Gasteiger partial charge < -0.3 is 5.32 Å². The average molecular weight is 310 g/mol. The molecule has 0 aliphatic rings. The second-order valence-electron chi connectivity index (χ2n) is 4.27. The Morgan fingerprint density at radius 2 is 1.95 bits per heavy atom. The van der Waals surface area contributed by atoms with Gasteiger partial charge in [0.25, 0.3) is 0 Å². The highest BCUT2D eigenvalue weighted by atomic mass is 35.5. The van der Waals surface area contributed by atoms with Crippen molar-refractivity contribution < 1.29 is 9.18 Å². The standard InChI is InChI=1S/C15H13ClFNOS/c1-10-2-5-12(6-3-10)20-9-15(19)18-14-8-11(16)4-7-13(14)17/h2-8H,9H2,1H3,(H,18,19). The van der Waals surface area contributed by atoms with E-state index in [9.17, 15) is 9.18 Å². The van der Waals surface area contributed by atoms with Crippen molar-refractivity contribution in [3.8, 4) is 0 Å². The number of carbonyl (C=O) groups is 1. The van der Waals surface area contributed by atoms with Crippen LogP contribution in [-0.4, -0.2) is 11.7 Å². The first kappa shape index (κ1) is 14.9. The van der Waals surface area contributed by atoms with Gasteiger partial charge in [-0.25, -0.2) is 4.39 Å². The van der Waals surface area contributed by atoms with E-state index in [1.54, 1.807) is 0 Å². The lowest BCUT2D eigenvalue weighted by Crippen LogP contribution is -2.15. The normalized spacial score (nSPS) is 10.3. The lowest BCUT2D eigenvalue weighted by Gasteiger charge is -2.07. The molecule has 0 saturated heterocycles. The molecule has 0 atom stereocenters. The molecule has 0 radical (unpaired) electrons. The Labute approximate surface area is 126 Å². The van der Waals surface area contributed by atoms with E-state index in [2.05, 4.69) is 5.32 Å². The van der Waals surface area contributed by atoms with Crippen molar-refractivity contribution in [2.75, 3.05) is 11.1 Å². The van der Waals surface area contributed by atoms with Crippen LogP contribution in [-0.2, 0) is 4.79 Å². The van der Waals surface area contributed by atoms with Crippen LogP contribution in [0.25, 0.3) is 0 Å². The number of thioether (sulfide) groups is 1. The number of hydrogen-bond acceptors (Lipinski definition) is 2. The lowest BCUT2D eigenvalue weighted by atomic mass is 10.2. The van der Waals surface area contributed by atoms with Crippen LogP contribution in [0.3, 0.4) is 0 Å². The molecule has 2 nitrogen and oxygen atoms in total. The molecule has 0 unspecified atom stereocenters. The molecule has 0 bridgehead atoms. The number of anilines is 1. The molecule has 2 aromatic carbocycles. The van der Waals surface area contributed by atoms with Crippen LogP contribution in [0.2, 0.25) is 5.02 Å². The number of hydrogen-bond donors (Lipinski definition) is 1. The molecular weight excluding hydrogens is 297 g/mol. The lowest BCUT2D eigenvalue weighted by molar-refractivity contribution is -0.113. The number of aryl methyl sites for hydroxylation is 1. The van der Waals surface area contributed by atoms with Gasteiger partial charge in [0.2, 0.25) is 5.91 Å². The number of carbonyl (C=O) groups excluding carboxylic acids is 1. The molecule has 1 amide bonds. The average Bonchev–Trinajstić information content (AvgIpc) is 2.42. The van der Waals surface area contributed by atoms with E-state index >= 15 is 0 Å². The number of benzene rings is 2. The van der Waals surface area contributed by atoms with Gasteiger partial charge >= 0.3 is 0 Å². The third-order valence-corrected chi connectivity index (χ3v) is 3.84. The summed E-state index contributed by atoms with van der Waals surface area (Å²) in [6.07, 6.45) is 0. The summed E-state index contributed by atoms with van der Waals surface area (Å²) in [5.74, 6) is -0.547. The quantitative estimate of drug-likeness (QED) is 0.841. The molecule has 104 valence electrons. The Balaban J connectivity index is 1.92. The molecule has 0 saturated carbocycles. The van der Waals surface area contributed by atoms with Gasteiger partial charge in [0.15, 0.2) is 0 Å². The maximum Gasteiger partial charge on any atom is 0.234 e. The van der Waals surface area contributed by atoms with Crippen LogP contribution in [0, 0.1) is 12.7 Å². The SMILES string of the molecule is Cc1ccc(SCC(=O)Nc2cc(Cl)ccc2F)cc1. The predicted octanol–water partition coefficient (Wildman–Crippen LogP) is 4.52. The van der Waals surface area contributed by atoms with Crippen LogP contribution in [0.15, 0.2) is 47.4 Å². The second kappa shape index (κ2) is 6.77. The second-order valence-corrected chi connectivity index (χ2v) is 5.76. The monoisotopic (exact) mass is 309 g/mol. The van der Waals surface area contributed by atoms with Gasteiger partial charge in [0.1, 0.15) is 5.82 Å². The van der Waals surface area contributed by atoms with Gasteiger partial charge in [-0.05, 0) is 37.3 Å². The Kier molecular flexibility index (Phi) is 5.04. The first-order valence-electron chi connectivity index (χ1n) is 5.99. The smallest absolute Gasteiger partial charge is 0.234 e. The molecule has 0 aliphatic carbocycles. The molecular formula is C15H13ClFNOS. The summed E-state index contributed by atoms with van der Waals surface area (Å²) >= 11 is 7.16. The predicted molar refractivity (Wildman–Crippen MR) is 81.9 cm³/mol. The summed E-state index contributed by atoms with van der Waals surface area (Å²) in [5.41, 5.74) is 1.27. The zero-order valence-corrected chi connectivity index (χ0v) is 12.4. The maximum absolute atomic E-state index is 13.5. The fourth-order valence-electron chi connectivity index (χ4n) is 1.56. The van der Waals surface area contributed by atoms with Crippen molar-refractivity contribution in [3.63, 3.8) is 0 Å². The fraction of sp³-hybridized carbons (Fsp3) is 0.133. The summed E-state index contributed by atoms with van der Waals surface area (Å²) in [7, 11) is 0. The van der Waals surface area contributed by atoms with Gasteiger partial charge in [-0.15, -0.1) is 11.8 Å². The number of halogens is 2. The largest absolute Gasteiger partial charge is 0.323 e. The topological polar surface area (TPSA) is 29.1 Å². The van der Waals surface area contributed by atoms with Gasteiger partial charge in [-0.3, -0.25) is 4.79 Å². The highest BCUT2D eigenvalue weighted by molar-refractivity contribution is 8.00. The number of amides is 1. The minimum atomic E-state index is -0.497. The van der Waals surface area contributed by atoms with Crippen molar-refractivity contribution >= 4 is 35.0 Å². The first-order chi connectivity index (χ1) is 9.54.